The van der Waals surface area contributed by atoms with Crippen LogP contribution < -0.4 is 24.5 Å². The lowest BCUT2D eigenvalue weighted by Crippen LogP contribution is -2.29. The van der Waals surface area contributed by atoms with E-state index in [9.17, 15) is 9.59 Å². The van der Waals surface area contributed by atoms with Gasteiger partial charge >= 0.3 is 0 Å². The Labute approximate surface area is 231 Å². The maximum atomic E-state index is 13.9. The number of nitrogens with zero attached hydrogens (tertiary/aromatic N) is 1. The van der Waals surface area contributed by atoms with Gasteiger partial charge in [-0.1, -0.05) is 43.6 Å². The molecule has 0 aliphatic carbocycles. The number of halogens is 1. The minimum atomic E-state index is -0.776. The molecule has 8 heteroatoms. The molecule has 1 unspecified atom stereocenters. The third kappa shape index (κ3) is 4.94. The van der Waals surface area contributed by atoms with E-state index >= 15 is 0 Å². The highest BCUT2D eigenvalue weighted by Gasteiger charge is 2.44. The molecule has 0 bridgehead atoms. The summed E-state index contributed by atoms with van der Waals surface area (Å²) in [6.07, 6.45) is 0.901. The van der Waals surface area contributed by atoms with Crippen molar-refractivity contribution in [2.75, 3.05) is 25.2 Å². The average Bonchev–Trinajstić information content (AvgIpc) is 3.21. The quantitative estimate of drug-likeness (QED) is 0.224. The molecule has 4 aromatic rings. The summed E-state index contributed by atoms with van der Waals surface area (Å²) in [4.78, 5) is 29.3. The molecule has 7 nitrogen and oxygen atoms in total. The zero-order valence-corrected chi connectivity index (χ0v) is 23.1. The van der Waals surface area contributed by atoms with Crippen LogP contribution in [0.2, 0.25) is 5.02 Å². The number of fused-ring (bicyclic) bond motifs is 2. The topological polar surface area (TPSA) is 78.2 Å². The van der Waals surface area contributed by atoms with E-state index in [-0.39, 0.29) is 16.8 Å². The van der Waals surface area contributed by atoms with Gasteiger partial charge < -0.3 is 18.6 Å². The van der Waals surface area contributed by atoms with Crippen molar-refractivity contribution < 1.29 is 23.4 Å². The fourth-order valence-electron chi connectivity index (χ4n) is 4.79. The molecule has 202 valence electrons. The van der Waals surface area contributed by atoms with Crippen LogP contribution in [0.15, 0.2) is 69.9 Å². The second-order valence-corrected chi connectivity index (χ2v) is 10.1. The molecule has 0 fully saturated rings. The van der Waals surface area contributed by atoms with E-state index in [1.54, 1.807) is 42.5 Å². The first kappa shape index (κ1) is 26.6. The first-order valence-corrected chi connectivity index (χ1v) is 13.3. The summed E-state index contributed by atoms with van der Waals surface area (Å²) in [6, 6.07) is 16.7. The van der Waals surface area contributed by atoms with Crippen LogP contribution in [0.4, 0.5) is 5.69 Å². The summed E-state index contributed by atoms with van der Waals surface area (Å²) in [5.74, 6) is 1.69. The molecular weight excluding hydrogens is 518 g/mol. The van der Waals surface area contributed by atoms with Crippen LogP contribution in [0.3, 0.4) is 0 Å². The van der Waals surface area contributed by atoms with E-state index in [4.69, 9.17) is 30.2 Å². The van der Waals surface area contributed by atoms with Crippen LogP contribution in [0.25, 0.3) is 11.0 Å². The lowest BCUT2D eigenvalue weighted by molar-refractivity contribution is 0.0971. The molecule has 0 saturated carbocycles. The summed E-state index contributed by atoms with van der Waals surface area (Å²) in [5.41, 5.74) is 1.54. The standard InChI is InChI=1S/C31H30ClNO6/c1-5-37-26-16-19(10-12-25(26)38-15-14-18(2)3)28-27-29(34)21-8-6-7-9-23(21)39-30(27)31(35)33(28)20-11-13-24(36-4)22(32)17-20/h6-13,16-18,28H,5,14-15H2,1-4H3. The van der Waals surface area contributed by atoms with Crippen LogP contribution in [0.1, 0.15) is 54.9 Å². The normalized spacial score (nSPS) is 14.7. The van der Waals surface area contributed by atoms with E-state index < -0.39 is 11.9 Å². The maximum absolute atomic E-state index is 13.9. The second-order valence-electron chi connectivity index (χ2n) is 9.74. The largest absolute Gasteiger partial charge is 0.495 e. The Hall–Kier alpha value is -3.97. The molecule has 0 N–H and O–H groups in total. The van der Waals surface area contributed by atoms with Crippen LogP contribution in [0, 0.1) is 5.92 Å². The highest BCUT2D eigenvalue weighted by atomic mass is 35.5. The highest BCUT2D eigenvalue weighted by molar-refractivity contribution is 6.32. The highest BCUT2D eigenvalue weighted by Crippen LogP contribution is 2.44. The third-order valence-electron chi connectivity index (χ3n) is 6.73. The fourth-order valence-corrected chi connectivity index (χ4v) is 5.05. The number of para-hydroxylation sites is 1. The lowest BCUT2D eigenvalue weighted by Gasteiger charge is -2.26. The lowest BCUT2D eigenvalue weighted by atomic mass is 9.97. The van der Waals surface area contributed by atoms with Crippen molar-refractivity contribution >= 4 is 34.2 Å². The molecule has 0 saturated heterocycles. The summed E-state index contributed by atoms with van der Waals surface area (Å²) >= 11 is 6.45. The van der Waals surface area contributed by atoms with Crippen molar-refractivity contribution in [1.82, 2.24) is 0 Å². The molecule has 39 heavy (non-hydrogen) atoms. The van der Waals surface area contributed by atoms with Gasteiger partial charge in [0.05, 0.1) is 42.3 Å². The van der Waals surface area contributed by atoms with Crippen molar-refractivity contribution in [2.24, 2.45) is 5.92 Å². The summed E-state index contributed by atoms with van der Waals surface area (Å²) in [7, 11) is 1.52. The van der Waals surface area contributed by atoms with Gasteiger partial charge in [0.2, 0.25) is 5.76 Å². The van der Waals surface area contributed by atoms with Crippen molar-refractivity contribution in [3.63, 3.8) is 0 Å². The zero-order valence-electron chi connectivity index (χ0n) is 22.3. The van der Waals surface area contributed by atoms with Gasteiger partial charge in [0.25, 0.3) is 5.91 Å². The van der Waals surface area contributed by atoms with Gasteiger partial charge in [-0.05, 0) is 67.3 Å². The number of carbonyl (C=O) groups is 1. The molecule has 5 rings (SSSR count). The minimum absolute atomic E-state index is 0.00543. The number of anilines is 1. The number of rotatable bonds is 9. The van der Waals surface area contributed by atoms with E-state index in [0.29, 0.717) is 63.6 Å². The maximum Gasteiger partial charge on any atom is 0.295 e. The number of ether oxygens (including phenoxy) is 3. The summed E-state index contributed by atoms with van der Waals surface area (Å²) in [5, 5.41) is 0.744. The van der Waals surface area contributed by atoms with E-state index in [1.165, 1.54) is 12.0 Å². The molecule has 2 heterocycles. The zero-order chi connectivity index (χ0) is 27.7. The molecule has 1 aromatic heterocycles. The molecule has 1 aliphatic rings. The Balaban J connectivity index is 1.69. The Morgan fingerprint density at radius 3 is 2.46 bits per heavy atom. The van der Waals surface area contributed by atoms with Crippen LogP contribution in [0.5, 0.6) is 17.2 Å². The van der Waals surface area contributed by atoms with Crippen molar-refractivity contribution in [2.45, 2.75) is 33.2 Å². The number of hydrogen-bond donors (Lipinski definition) is 0. The predicted octanol–water partition coefficient (Wildman–Crippen LogP) is 7.03. The molecule has 3 aromatic carbocycles. The molecular formula is C31H30ClNO6. The molecule has 1 aliphatic heterocycles. The Kier molecular flexibility index (Phi) is 7.53. The van der Waals surface area contributed by atoms with Crippen molar-refractivity contribution in [3.8, 4) is 17.2 Å². The van der Waals surface area contributed by atoms with Gasteiger partial charge in [0.15, 0.2) is 16.9 Å². The number of amides is 1. The number of benzene rings is 3. The van der Waals surface area contributed by atoms with Crippen LogP contribution >= 0.6 is 11.6 Å². The summed E-state index contributed by atoms with van der Waals surface area (Å²) < 4.78 is 23.3. The van der Waals surface area contributed by atoms with Crippen LogP contribution in [-0.2, 0) is 0 Å². The Morgan fingerprint density at radius 2 is 1.74 bits per heavy atom. The van der Waals surface area contributed by atoms with E-state index in [1.807, 2.05) is 25.1 Å². The van der Waals surface area contributed by atoms with Gasteiger partial charge in [-0.2, -0.15) is 0 Å². The van der Waals surface area contributed by atoms with E-state index in [2.05, 4.69) is 13.8 Å². The third-order valence-corrected chi connectivity index (χ3v) is 7.02. The van der Waals surface area contributed by atoms with E-state index in [0.717, 1.165) is 6.42 Å². The molecule has 1 atom stereocenters. The number of methoxy groups -OCH3 is 1. The molecule has 0 radical (unpaired) electrons. The molecule has 0 spiro atoms. The smallest absolute Gasteiger partial charge is 0.295 e. The fraction of sp³-hybridized carbons (Fsp3) is 0.290. The summed E-state index contributed by atoms with van der Waals surface area (Å²) in [6.45, 7) is 7.15. The van der Waals surface area contributed by atoms with Crippen LogP contribution in [-0.4, -0.2) is 26.2 Å². The monoisotopic (exact) mass is 547 g/mol. The Bertz CT molecular complexity index is 1590. The van der Waals surface area contributed by atoms with Gasteiger partial charge in [0.1, 0.15) is 11.3 Å². The predicted molar refractivity (Wildman–Crippen MR) is 152 cm³/mol. The SMILES string of the molecule is CCOc1cc(C2c3c(oc4ccccc4c3=O)C(=O)N2c2ccc(OC)c(Cl)c2)ccc1OCCC(C)C. The minimum Gasteiger partial charge on any atom is -0.495 e. The number of carbonyl (C=O) groups excluding carboxylic acids is 1. The number of hydrogen-bond acceptors (Lipinski definition) is 6. The first-order valence-electron chi connectivity index (χ1n) is 13.0. The second kappa shape index (κ2) is 11.0. The van der Waals surface area contributed by atoms with Gasteiger partial charge in [-0.3, -0.25) is 14.5 Å². The van der Waals surface area contributed by atoms with Gasteiger partial charge in [0, 0.05) is 5.69 Å². The van der Waals surface area contributed by atoms with Gasteiger partial charge in [-0.15, -0.1) is 0 Å². The average molecular weight is 548 g/mol. The first-order chi connectivity index (χ1) is 18.8. The van der Waals surface area contributed by atoms with Crippen molar-refractivity contribution in [1.29, 1.82) is 0 Å². The Morgan fingerprint density at radius 1 is 0.974 bits per heavy atom. The van der Waals surface area contributed by atoms with Crippen molar-refractivity contribution in [3.05, 3.63) is 92.8 Å². The molecule has 1 amide bonds. The van der Waals surface area contributed by atoms with Gasteiger partial charge in [-0.25, -0.2) is 0 Å².